The van der Waals surface area contributed by atoms with Crippen LogP contribution < -0.4 is 15.4 Å². The van der Waals surface area contributed by atoms with Crippen LogP contribution >= 0.6 is 0 Å². The highest BCUT2D eigenvalue weighted by molar-refractivity contribution is 5.54. The van der Waals surface area contributed by atoms with Gasteiger partial charge in [0.05, 0.1) is 12.3 Å². The van der Waals surface area contributed by atoms with Gasteiger partial charge in [-0.3, -0.25) is 0 Å². The highest BCUT2D eigenvalue weighted by Gasteiger charge is 2.20. The molecule has 4 heteroatoms. The number of anilines is 2. The summed E-state index contributed by atoms with van der Waals surface area (Å²) in [5.74, 6) is 2.34. The molecule has 1 fully saturated rings. The topological polar surface area (TPSA) is 51.4 Å². The summed E-state index contributed by atoms with van der Waals surface area (Å²) in [4.78, 5) is 6.70. The zero-order valence-corrected chi connectivity index (χ0v) is 11.4. The quantitative estimate of drug-likeness (QED) is 0.842. The molecule has 0 amide bonds. The lowest BCUT2D eigenvalue weighted by molar-refractivity contribution is 0.305. The van der Waals surface area contributed by atoms with E-state index in [1.54, 1.807) is 0 Å². The number of nitrogens with two attached hydrogens (primary N) is 1. The molecule has 4 nitrogen and oxygen atoms in total. The highest BCUT2D eigenvalue weighted by atomic mass is 16.5. The summed E-state index contributed by atoms with van der Waals surface area (Å²) in [6.45, 7) is 3.81. The van der Waals surface area contributed by atoms with Gasteiger partial charge >= 0.3 is 0 Å². The molecule has 1 saturated carbocycles. The van der Waals surface area contributed by atoms with Crippen molar-refractivity contribution >= 4 is 11.5 Å². The number of pyridine rings is 1. The number of rotatable bonds is 6. The van der Waals surface area contributed by atoms with Gasteiger partial charge < -0.3 is 15.4 Å². The van der Waals surface area contributed by atoms with Crippen molar-refractivity contribution < 1.29 is 4.74 Å². The Hall–Kier alpha value is -1.45. The molecule has 0 unspecified atom stereocenters. The van der Waals surface area contributed by atoms with E-state index in [9.17, 15) is 0 Å². The minimum absolute atomic E-state index is 0.565. The molecule has 0 aromatic carbocycles. The average molecular weight is 249 g/mol. The first-order valence-electron chi connectivity index (χ1n) is 6.81. The van der Waals surface area contributed by atoms with Crippen LogP contribution in [0.25, 0.3) is 0 Å². The number of nitrogen functional groups attached to an aromatic ring is 1. The Morgan fingerprint density at radius 3 is 2.83 bits per heavy atom. The molecule has 0 bridgehead atoms. The van der Waals surface area contributed by atoms with Gasteiger partial charge in [-0.2, -0.15) is 4.98 Å². The second kappa shape index (κ2) is 5.94. The molecule has 1 aliphatic rings. The van der Waals surface area contributed by atoms with Crippen molar-refractivity contribution in [3.8, 4) is 5.88 Å². The maximum absolute atomic E-state index is 5.86. The largest absolute Gasteiger partial charge is 0.476 e. The van der Waals surface area contributed by atoms with E-state index in [1.807, 2.05) is 12.1 Å². The van der Waals surface area contributed by atoms with Gasteiger partial charge in [0, 0.05) is 13.6 Å². The van der Waals surface area contributed by atoms with Crippen molar-refractivity contribution in [1.82, 2.24) is 4.98 Å². The molecule has 0 radical (unpaired) electrons. The summed E-state index contributed by atoms with van der Waals surface area (Å²) in [5, 5.41) is 0. The third kappa shape index (κ3) is 3.06. The molecule has 0 aliphatic heterocycles. The summed E-state index contributed by atoms with van der Waals surface area (Å²) in [7, 11) is 2.08. The standard InChI is InChI=1S/C14H23N3O/c1-3-9-18-14-12(15)7-8-13(16-14)17(2)10-11-5-4-6-11/h7-8,11H,3-6,9-10,15H2,1-2H3. The first-order valence-corrected chi connectivity index (χ1v) is 6.81. The van der Waals surface area contributed by atoms with E-state index in [-0.39, 0.29) is 0 Å². The molecule has 1 aromatic heterocycles. The van der Waals surface area contributed by atoms with Gasteiger partial charge in [-0.1, -0.05) is 13.3 Å². The van der Waals surface area contributed by atoms with Gasteiger partial charge in [-0.15, -0.1) is 0 Å². The fraction of sp³-hybridized carbons (Fsp3) is 0.643. The Morgan fingerprint density at radius 1 is 1.44 bits per heavy atom. The van der Waals surface area contributed by atoms with Crippen molar-refractivity contribution in [2.75, 3.05) is 30.8 Å². The van der Waals surface area contributed by atoms with Crippen LogP contribution in [0.4, 0.5) is 11.5 Å². The Labute approximate surface area is 109 Å². The van der Waals surface area contributed by atoms with Gasteiger partial charge in [0.25, 0.3) is 0 Å². The summed E-state index contributed by atoms with van der Waals surface area (Å²) in [5.41, 5.74) is 6.48. The molecule has 1 heterocycles. The molecule has 0 saturated heterocycles. The predicted molar refractivity (Wildman–Crippen MR) is 75.0 cm³/mol. The van der Waals surface area contributed by atoms with Crippen molar-refractivity contribution in [1.29, 1.82) is 0 Å². The molecular formula is C14H23N3O. The summed E-state index contributed by atoms with van der Waals surface area (Å²) >= 11 is 0. The van der Waals surface area contributed by atoms with Gasteiger partial charge in [0.1, 0.15) is 5.82 Å². The van der Waals surface area contributed by atoms with Crippen LogP contribution in [0, 0.1) is 5.92 Å². The van der Waals surface area contributed by atoms with Crippen molar-refractivity contribution in [3.05, 3.63) is 12.1 Å². The van der Waals surface area contributed by atoms with E-state index >= 15 is 0 Å². The maximum Gasteiger partial charge on any atom is 0.239 e. The Kier molecular flexibility index (Phi) is 4.28. The average Bonchev–Trinajstić information content (AvgIpc) is 2.32. The van der Waals surface area contributed by atoms with Gasteiger partial charge in [0.15, 0.2) is 0 Å². The zero-order valence-electron chi connectivity index (χ0n) is 11.4. The van der Waals surface area contributed by atoms with Crippen LogP contribution in [-0.4, -0.2) is 25.2 Å². The maximum atomic E-state index is 5.86. The number of ether oxygens (including phenoxy) is 1. The molecule has 1 aromatic rings. The molecule has 18 heavy (non-hydrogen) atoms. The van der Waals surface area contributed by atoms with Crippen LogP contribution in [0.15, 0.2) is 12.1 Å². The molecule has 0 spiro atoms. The first kappa shape index (κ1) is 13.0. The lowest BCUT2D eigenvalue weighted by Gasteiger charge is -2.30. The number of hydrogen-bond acceptors (Lipinski definition) is 4. The molecule has 0 atom stereocenters. The SMILES string of the molecule is CCCOc1nc(N(C)CC2CCC2)ccc1N. The van der Waals surface area contributed by atoms with Crippen LogP contribution in [0.3, 0.4) is 0 Å². The minimum Gasteiger partial charge on any atom is -0.476 e. The fourth-order valence-electron chi connectivity index (χ4n) is 2.12. The monoisotopic (exact) mass is 249 g/mol. The van der Waals surface area contributed by atoms with Gasteiger partial charge in [-0.25, -0.2) is 0 Å². The van der Waals surface area contributed by atoms with Gasteiger partial charge in [-0.05, 0) is 37.3 Å². The van der Waals surface area contributed by atoms with Crippen LogP contribution in [0.5, 0.6) is 5.88 Å². The molecule has 2 rings (SSSR count). The summed E-state index contributed by atoms with van der Waals surface area (Å²) in [6, 6.07) is 3.84. The second-order valence-electron chi connectivity index (χ2n) is 5.09. The van der Waals surface area contributed by atoms with Crippen molar-refractivity contribution in [2.45, 2.75) is 32.6 Å². The van der Waals surface area contributed by atoms with Gasteiger partial charge in [0.2, 0.25) is 5.88 Å². The number of aromatic nitrogens is 1. The number of hydrogen-bond donors (Lipinski definition) is 1. The second-order valence-corrected chi connectivity index (χ2v) is 5.09. The molecule has 100 valence electrons. The molecule has 2 N–H and O–H groups in total. The summed E-state index contributed by atoms with van der Waals surface area (Å²) in [6.07, 6.45) is 5.03. The van der Waals surface area contributed by atoms with E-state index < -0.39 is 0 Å². The molecular weight excluding hydrogens is 226 g/mol. The third-order valence-corrected chi connectivity index (χ3v) is 3.47. The van der Waals surface area contributed by atoms with E-state index in [1.165, 1.54) is 19.3 Å². The van der Waals surface area contributed by atoms with Crippen molar-refractivity contribution in [3.63, 3.8) is 0 Å². The van der Waals surface area contributed by atoms with Crippen LogP contribution in [0.2, 0.25) is 0 Å². The third-order valence-electron chi connectivity index (χ3n) is 3.47. The van der Waals surface area contributed by atoms with E-state index in [4.69, 9.17) is 10.5 Å². The first-order chi connectivity index (χ1) is 8.70. The zero-order chi connectivity index (χ0) is 13.0. The Bertz CT molecular complexity index is 391. The molecule has 1 aliphatic carbocycles. The van der Waals surface area contributed by atoms with Crippen LogP contribution in [0.1, 0.15) is 32.6 Å². The fourth-order valence-corrected chi connectivity index (χ4v) is 2.12. The lowest BCUT2D eigenvalue weighted by Crippen LogP contribution is -2.29. The lowest BCUT2D eigenvalue weighted by atomic mass is 9.85. The highest BCUT2D eigenvalue weighted by Crippen LogP contribution is 2.29. The minimum atomic E-state index is 0.565. The van der Waals surface area contributed by atoms with Crippen molar-refractivity contribution in [2.24, 2.45) is 5.92 Å². The predicted octanol–water partition coefficient (Wildman–Crippen LogP) is 2.69. The number of nitrogens with zero attached hydrogens (tertiary/aromatic N) is 2. The Balaban J connectivity index is 2.02. The Morgan fingerprint density at radius 2 is 2.22 bits per heavy atom. The van der Waals surface area contributed by atoms with Crippen LogP contribution in [-0.2, 0) is 0 Å². The summed E-state index contributed by atoms with van der Waals surface area (Å²) < 4.78 is 5.56. The van der Waals surface area contributed by atoms with E-state index in [2.05, 4.69) is 23.9 Å². The normalized spacial score (nSPS) is 15.2. The van der Waals surface area contributed by atoms with E-state index in [0.29, 0.717) is 18.2 Å². The van der Waals surface area contributed by atoms with E-state index in [0.717, 1.165) is 24.7 Å². The smallest absolute Gasteiger partial charge is 0.239 e.